The molecule has 1 aromatic heterocycles. The van der Waals surface area contributed by atoms with E-state index in [9.17, 15) is 18.1 Å². The molecule has 0 spiro atoms. The van der Waals surface area contributed by atoms with Gasteiger partial charge in [0.1, 0.15) is 10.6 Å². The van der Waals surface area contributed by atoms with Crippen molar-refractivity contribution < 1.29 is 18.1 Å². The maximum atomic E-state index is 11.8. The number of nitrogens with one attached hydrogen (secondary N) is 1. The Balaban J connectivity index is 1.94. The third-order valence-corrected chi connectivity index (χ3v) is 5.45. The highest BCUT2D eigenvalue weighted by atomic mass is 35.5. The second-order valence-electron chi connectivity index (χ2n) is 5.17. The van der Waals surface area contributed by atoms with Gasteiger partial charge in [0, 0.05) is 11.1 Å². The van der Waals surface area contributed by atoms with Crippen molar-refractivity contribution in [1.82, 2.24) is 4.98 Å². The lowest BCUT2D eigenvalue weighted by Gasteiger charge is -2.12. The van der Waals surface area contributed by atoms with E-state index >= 15 is 0 Å². The van der Waals surface area contributed by atoms with Crippen molar-refractivity contribution in [3.8, 4) is 16.9 Å². The Kier molecular flexibility index (Phi) is 4.96. The predicted octanol–water partition coefficient (Wildman–Crippen LogP) is 4.03. The van der Waals surface area contributed by atoms with E-state index in [1.807, 2.05) is 0 Å². The molecule has 0 bridgehead atoms. The summed E-state index contributed by atoms with van der Waals surface area (Å²) < 4.78 is 33.4. The van der Waals surface area contributed by atoms with Crippen molar-refractivity contribution in [2.45, 2.75) is 11.4 Å². The summed E-state index contributed by atoms with van der Waals surface area (Å²) in [5, 5.41) is 12.3. The van der Waals surface area contributed by atoms with Crippen molar-refractivity contribution in [3.05, 3.63) is 58.0 Å². The average molecular weight is 397 g/mol. The summed E-state index contributed by atoms with van der Waals surface area (Å²) in [5.74, 6) is 0.111. The summed E-state index contributed by atoms with van der Waals surface area (Å²) in [4.78, 5) is 4.52. The number of aromatic nitrogens is 1. The van der Waals surface area contributed by atoms with Gasteiger partial charge in [-0.25, -0.2) is 4.98 Å². The zero-order chi connectivity index (χ0) is 18.0. The average Bonchev–Trinajstić information content (AvgIpc) is 2.98. The Morgan fingerprint density at radius 2 is 1.80 bits per heavy atom. The quantitative estimate of drug-likeness (QED) is 0.563. The number of hydrogen-bond acceptors (Lipinski definition) is 6. The molecule has 0 saturated carbocycles. The van der Waals surface area contributed by atoms with Gasteiger partial charge in [-0.3, -0.25) is 4.55 Å². The second kappa shape index (κ2) is 7.01. The molecule has 3 rings (SSSR count). The van der Waals surface area contributed by atoms with Crippen LogP contribution in [0.5, 0.6) is 5.75 Å². The van der Waals surface area contributed by atoms with Gasteiger partial charge >= 0.3 is 0 Å². The maximum absolute atomic E-state index is 11.8. The third kappa shape index (κ3) is 4.29. The minimum absolute atomic E-state index is 0.111. The first-order valence-corrected chi connectivity index (χ1v) is 9.71. The van der Waals surface area contributed by atoms with Gasteiger partial charge in [-0.05, 0) is 35.4 Å². The third-order valence-electron chi connectivity index (χ3n) is 3.44. The molecule has 6 nitrogen and oxygen atoms in total. The van der Waals surface area contributed by atoms with Crippen molar-refractivity contribution in [2.24, 2.45) is 0 Å². The van der Waals surface area contributed by atoms with Crippen LogP contribution in [0.15, 0.2) is 53.6 Å². The Labute approximate surface area is 153 Å². The number of anilines is 1. The molecular weight excluding hydrogens is 384 g/mol. The molecule has 0 atom stereocenters. The normalized spacial score (nSPS) is 11.4. The lowest BCUT2D eigenvalue weighted by Crippen LogP contribution is -2.06. The molecule has 3 N–H and O–H groups in total. The minimum atomic E-state index is -4.42. The number of halogens is 1. The highest BCUT2D eigenvalue weighted by Crippen LogP contribution is 2.30. The Morgan fingerprint density at radius 1 is 1.12 bits per heavy atom. The summed E-state index contributed by atoms with van der Waals surface area (Å²) >= 11 is 7.05. The van der Waals surface area contributed by atoms with Crippen LogP contribution in [-0.2, 0) is 16.7 Å². The first-order valence-electron chi connectivity index (χ1n) is 7.08. The van der Waals surface area contributed by atoms with Crippen LogP contribution in [0, 0.1) is 0 Å². The highest BCUT2D eigenvalue weighted by Gasteiger charge is 2.17. The summed E-state index contributed by atoms with van der Waals surface area (Å²) in [6.45, 7) is 0.325. The first kappa shape index (κ1) is 17.7. The van der Waals surface area contributed by atoms with E-state index in [1.165, 1.54) is 29.5 Å². The highest BCUT2D eigenvalue weighted by molar-refractivity contribution is 7.86. The number of benzene rings is 2. The largest absolute Gasteiger partial charge is 0.508 e. The van der Waals surface area contributed by atoms with E-state index < -0.39 is 10.1 Å². The smallest absolute Gasteiger partial charge is 0.296 e. The first-order chi connectivity index (χ1) is 11.8. The number of aromatic hydroxyl groups is 1. The topological polar surface area (TPSA) is 99.5 Å². The van der Waals surface area contributed by atoms with Crippen LogP contribution in [0.2, 0.25) is 4.47 Å². The summed E-state index contributed by atoms with van der Waals surface area (Å²) in [7, 11) is -4.42. The van der Waals surface area contributed by atoms with Gasteiger partial charge < -0.3 is 10.4 Å². The molecule has 0 aliphatic carbocycles. The van der Waals surface area contributed by atoms with Crippen LogP contribution in [0.25, 0.3) is 11.1 Å². The fourth-order valence-corrected chi connectivity index (χ4v) is 3.87. The van der Waals surface area contributed by atoms with Crippen LogP contribution in [0.1, 0.15) is 4.88 Å². The molecule has 2 aromatic carbocycles. The second-order valence-corrected chi connectivity index (χ2v) is 8.25. The number of thiazole rings is 1. The number of phenolic OH excluding ortho intramolecular Hbond substituents is 1. The van der Waals surface area contributed by atoms with Gasteiger partial charge in [-0.15, -0.1) is 11.3 Å². The molecule has 0 amide bonds. The SMILES string of the molecule is O=S(=O)(O)c1cc(-c2ccc(O)cc2)ccc1NCc1cnc(Cl)s1. The Hall–Kier alpha value is -2.13. The molecule has 0 unspecified atom stereocenters. The van der Waals surface area contributed by atoms with E-state index in [1.54, 1.807) is 30.5 Å². The lowest BCUT2D eigenvalue weighted by atomic mass is 10.1. The lowest BCUT2D eigenvalue weighted by molar-refractivity contribution is 0.475. The number of rotatable bonds is 5. The van der Waals surface area contributed by atoms with Crippen molar-refractivity contribution in [3.63, 3.8) is 0 Å². The molecule has 0 saturated heterocycles. The van der Waals surface area contributed by atoms with Crippen LogP contribution >= 0.6 is 22.9 Å². The summed E-state index contributed by atoms with van der Waals surface area (Å²) in [6.07, 6.45) is 1.60. The zero-order valence-electron chi connectivity index (χ0n) is 12.7. The van der Waals surface area contributed by atoms with Crippen molar-refractivity contribution in [1.29, 1.82) is 0 Å². The molecule has 25 heavy (non-hydrogen) atoms. The van der Waals surface area contributed by atoms with Gasteiger partial charge in [-0.2, -0.15) is 8.42 Å². The molecule has 1 heterocycles. The van der Waals surface area contributed by atoms with Gasteiger partial charge in [0.05, 0.1) is 12.2 Å². The van der Waals surface area contributed by atoms with Gasteiger partial charge in [0.15, 0.2) is 4.47 Å². The molecule has 9 heteroatoms. The molecule has 0 fully saturated rings. The van der Waals surface area contributed by atoms with Crippen molar-refractivity contribution >= 4 is 38.7 Å². The Morgan fingerprint density at radius 3 is 2.40 bits per heavy atom. The van der Waals surface area contributed by atoms with Crippen LogP contribution < -0.4 is 5.32 Å². The Bertz CT molecular complexity index is 1000. The molecule has 130 valence electrons. The maximum Gasteiger partial charge on any atom is 0.296 e. The van der Waals surface area contributed by atoms with Crippen LogP contribution in [0.4, 0.5) is 5.69 Å². The standard InChI is InChI=1S/C16H13ClN2O4S2/c17-16-19-9-13(24-16)8-18-14-6-3-11(7-15(14)25(21,22)23)10-1-4-12(20)5-2-10/h1-7,9,18,20H,8H2,(H,21,22,23). The van der Waals surface area contributed by atoms with E-state index in [2.05, 4.69) is 10.3 Å². The van der Waals surface area contributed by atoms with E-state index in [-0.39, 0.29) is 16.3 Å². The van der Waals surface area contributed by atoms with Crippen LogP contribution in [0.3, 0.4) is 0 Å². The molecule has 0 aliphatic rings. The number of hydrogen-bond donors (Lipinski definition) is 3. The van der Waals surface area contributed by atoms with E-state index in [0.717, 1.165) is 4.88 Å². The summed E-state index contributed by atoms with van der Waals surface area (Å²) in [6, 6.07) is 11.0. The van der Waals surface area contributed by atoms with E-state index in [0.29, 0.717) is 22.1 Å². The van der Waals surface area contributed by atoms with Crippen molar-refractivity contribution in [2.75, 3.05) is 5.32 Å². The molecule has 0 radical (unpaired) electrons. The minimum Gasteiger partial charge on any atom is -0.508 e. The molecule has 3 aromatic rings. The van der Waals surface area contributed by atoms with Gasteiger partial charge in [-0.1, -0.05) is 29.8 Å². The van der Waals surface area contributed by atoms with Gasteiger partial charge in [0.25, 0.3) is 10.1 Å². The fraction of sp³-hybridized carbons (Fsp3) is 0.0625. The van der Waals surface area contributed by atoms with Crippen LogP contribution in [-0.4, -0.2) is 23.1 Å². The molecule has 0 aliphatic heterocycles. The number of nitrogens with zero attached hydrogens (tertiary/aromatic N) is 1. The van der Waals surface area contributed by atoms with Gasteiger partial charge in [0.2, 0.25) is 0 Å². The fourth-order valence-electron chi connectivity index (χ4n) is 2.26. The monoisotopic (exact) mass is 396 g/mol. The molecular formula is C16H13ClN2O4S2. The van der Waals surface area contributed by atoms with E-state index in [4.69, 9.17) is 11.6 Å². The number of phenols is 1. The summed E-state index contributed by atoms with van der Waals surface area (Å²) in [5.41, 5.74) is 1.58. The zero-order valence-corrected chi connectivity index (χ0v) is 15.1. The predicted molar refractivity (Wildman–Crippen MR) is 97.8 cm³/mol.